The van der Waals surface area contributed by atoms with Gasteiger partial charge in [0.25, 0.3) is 0 Å². The van der Waals surface area contributed by atoms with Crippen molar-refractivity contribution < 1.29 is 18.3 Å². The van der Waals surface area contributed by atoms with Crippen LogP contribution in [0.25, 0.3) is 0 Å². The predicted octanol–water partition coefficient (Wildman–Crippen LogP) is 2.33. The molecule has 1 fully saturated rings. The number of carbonyl (C=O) groups is 1. The lowest BCUT2D eigenvalue weighted by molar-refractivity contribution is -0.142. The maximum atomic E-state index is 13.4. The molecule has 92 valence electrons. The monoisotopic (exact) mass is 241 g/mol. The lowest BCUT2D eigenvalue weighted by Gasteiger charge is -2.17. The quantitative estimate of drug-likeness (QED) is 0.822. The number of halogens is 2. The first-order valence-corrected chi connectivity index (χ1v) is 5.42. The third-order valence-electron chi connectivity index (χ3n) is 2.81. The molecule has 0 aromatic heterocycles. The van der Waals surface area contributed by atoms with Crippen LogP contribution < -0.4 is 5.32 Å². The van der Waals surface area contributed by atoms with Gasteiger partial charge in [0.2, 0.25) is 0 Å². The Morgan fingerprint density at radius 1 is 1.47 bits per heavy atom. The van der Waals surface area contributed by atoms with Crippen molar-refractivity contribution in [1.82, 2.24) is 0 Å². The minimum absolute atomic E-state index is 0.00713. The summed E-state index contributed by atoms with van der Waals surface area (Å²) < 4.78 is 31.1. The topological polar surface area (TPSA) is 38.3 Å². The lowest BCUT2D eigenvalue weighted by atomic mass is 10.1. The molecule has 1 unspecified atom stereocenters. The SMILES string of the molecule is COC(=O)C(Nc1cccc(F)c1F)C1CC1. The normalized spacial score (nSPS) is 16.4. The van der Waals surface area contributed by atoms with Gasteiger partial charge in [0, 0.05) is 0 Å². The summed E-state index contributed by atoms with van der Waals surface area (Å²) in [6.45, 7) is 0. The number of benzene rings is 1. The minimum Gasteiger partial charge on any atom is -0.467 e. The van der Waals surface area contributed by atoms with E-state index >= 15 is 0 Å². The summed E-state index contributed by atoms with van der Waals surface area (Å²) in [7, 11) is 1.28. The van der Waals surface area contributed by atoms with Crippen LogP contribution in [0.1, 0.15) is 12.8 Å². The van der Waals surface area contributed by atoms with E-state index in [1.165, 1.54) is 19.2 Å². The van der Waals surface area contributed by atoms with E-state index in [2.05, 4.69) is 10.1 Å². The third kappa shape index (κ3) is 2.54. The zero-order valence-corrected chi connectivity index (χ0v) is 9.37. The van der Waals surface area contributed by atoms with Crippen molar-refractivity contribution in [3.63, 3.8) is 0 Å². The first kappa shape index (κ1) is 11.8. The molecule has 3 nitrogen and oxygen atoms in total. The Bertz CT molecular complexity index is 433. The Hall–Kier alpha value is -1.65. The number of methoxy groups -OCH3 is 1. The molecule has 0 aliphatic heterocycles. The van der Waals surface area contributed by atoms with E-state index in [0.717, 1.165) is 18.9 Å². The van der Waals surface area contributed by atoms with Gasteiger partial charge >= 0.3 is 5.97 Å². The van der Waals surface area contributed by atoms with E-state index in [4.69, 9.17) is 0 Å². The molecule has 5 heteroatoms. The molecule has 0 bridgehead atoms. The van der Waals surface area contributed by atoms with Crippen LogP contribution in [0.2, 0.25) is 0 Å². The van der Waals surface area contributed by atoms with E-state index in [9.17, 15) is 13.6 Å². The Morgan fingerprint density at radius 3 is 2.76 bits per heavy atom. The highest BCUT2D eigenvalue weighted by Gasteiger charge is 2.37. The molecule has 2 rings (SSSR count). The van der Waals surface area contributed by atoms with Crippen molar-refractivity contribution >= 4 is 11.7 Å². The van der Waals surface area contributed by atoms with Gasteiger partial charge in [-0.05, 0) is 30.9 Å². The molecule has 0 radical (unpaired) electrons. The number of carbonyl (C=O) groups excluding carboxylic acids is 1. The van der Waals surface area contributed by atoms with Gasteiger partial charge in [-0.15, -0.1) is 0 Å². The molecule has 0 spiro atoms. The fraction of sp³-hybridized carbons (Fsp3) is 0.417. The highest BCUT2D eigenvalue weighted by Crippen LogP contribution is 2.35. The smallest absolute Gasteiger partial charge is 0.328 e. The van der Waals surface area contributed by atoms with Gasteiger partial charge in [-0.25, -0.2) is 13.6 Å². The lowest BCUT2D eigenvalue weighted by Crippen LogP contribution is -2.33. The van der Waals surface area contributed by atoms with Crippen molar-refractivity contribution in [3.8, 4) is 0 Å². The number of hydrogen-bond acceptors (Lipinski definition) is 3. The second-order valence-corrected chi connectivity index (χ2v) is 4.08. The van der Waals surface area contributed by atoms with Crippen molar-refractivity contribution in [2.45, 2.75) is 18.9 Å². The van der Waals surface area contributed by atoms with Gasteiger partial charge in [0.05, 0.1) is 12.8 Å². The van der Waals surface area contributed by atoms with E-state index < -0.39 is 23.6 Å². The molecular weight excluding hydrogens is 228 g/mol. The maximum Gasteiger partial charge on any atom is 0.328 e. The first-order valence-electron chi connectivity index (χ1n) is 5.42. The van der Waals surface area contributed by atoms with E-state index in [1.807, 2.05) is 0 Å². The standard InChI is InChI=1S/C12H13F2NO2/c1-17-12(16)11(7-5-6-7)15-9-4-2-3-8(13)10(9)14/h2-4,7,11,15H,5-6H2,1H3. The second-order valence-electron chi connectivity index (χ2n) is 4.08. The van der Waals surface area contributed by atoms with Gasteiger partial charge in [0.1, 0.15) is 6.04 Å². The van der Waals surface area contributed by atoms with Crippen molar-refractivity contribution in [2.75, 3.05) is 12.4 Å². The van der Waals surface area contributed by atoms with Gasteiger partial charge < -0.3 is 10.1 Å². The Kier molecular flexibility index (Phi) is 3.26. The van der Waals surface area contributed by atoms with Crippen LogP contribution in [0, 0.1) is 17.6 Å². The molecule has 1 aromatic carbocycles. The van der Waals surface area contributed by atoms with Crippen LogP contribution in [0.5, 0.6) is 0 Å². The average Bonchev–Trinajstić information content (AvgIpc) is 3.14. The minimum atomic E-state index is -0.970. The molecule has 1 aliphatic rings. The number of hydrogen-bond donors (Lipinski definition) is 1. The zero-order chi connectivity index (χ0) is 12.4. The molecule has 1 saturated carbocycles. The van der Waals surface area contributed by atoms with Crippen molar-refractivity contribution in [3.05, 3.63) is 29.8 Å². The van der Waals surface area contributed by atoms with E-state index in [-0.39, 0.29) is 11.6 Å². The molecule has 1 atom stereocenters. The van der Waals surface area contributed by atoms with E-state index in [0.29, 0.717) is 0 Å². The number of nitrogens with one attached hydrogen (secondary N) is 1. The number of anilines is 1. The maximum absolute atomic E-state index is 13.4. The van der Waals surface area contributed by atoms with Crippen LogP contribution in [-0.2, 0) is 9.53 Å². The van der Waals surface area contributed by atoms with Gasteiger partial charge in [-0.1, -0.05) is 6.07 Å². The second kappa shape index (κ2) is 4.69. The number of esters is 1. The number of rotatable bonds is 4. The largest absolute Gasteiger partial charge is 0.467 e. The summed E-state index contributed by atoms with van der Waals surface area (Å²) in [6, 6.07) is 3.22. The van der Waals surface area contributed by atoms with Crippen LogP contribution >= 0.6 is 0 Å². The molecule has 0 saturated heterocycles. The summed E-state index contributed by atoms with van der Waals surface area (Å²) in [5, 5.41) is 2.71. The van der Waals surface area contributed by atoms with Gasteiger partial charge in [0.15, 0.2) is 11.6 Å². The summed E-state index contributed by atoms with van der Waals surface area (Å²) >= 11 is 0. The molecule has 1 aliphatic carbocycles. The van der Waals surface area contributed by atoms with Crippen molar-refractivity contribution in [2.24, 2.45) is 5.92 Å². The zero-order valence-electron chi connectivity index (χ0n) is 9.37. The van der Waals surface area contributed by atoms with Crippen LogP contribution in [0.4, 0.5) is 14.5 Å². The van der Waals surface area contributed by atoms with Gasteiger partial charge in [-0.2, -0.15) is 0 Å². The first-order chi connectivity index (χ1) is 8.13. The summed E-state index contributed by atoms with van der Waals surface area (Å²) in [5.74, 6) is -2.21. The van der Waals surface area contributed by atoms with E-state index in [1.54, 1.807) is 0 Å². The molecule has 1 N–H and O–H groups in total. The molecule has 0 amide bonds. The summed E-state index contributed by atoms with van der Waals surface area (Å²) in [4.78, 5) is 11.5. The van der Waals surface area contributed by atoms with Crippen LogP contribution in [0.3, 0.4) is 0 Å². The highest BCUT2D eigenvalue weighted by atomic mass is 19.2. The Morgan fingerprint density at radius 2 is 2.18 bits per heavy atom. The fourth-order valence-corrected chi connectivity index (χ4v) is 1.71. The molecular formula is C12H13F2NO2. The average molecular weight is 241 g/mol. The van der Waals surface area contributed by atoms with Crippen LogP contribution in [0.15, 0.2) is 18.2 Å². The summed E-state index contributed by atoms with van der Waals surface area (Å²) in [5.41, 5.74) is -0.00713. The molecule has 17 heavy (non-hydrogen) atoms. The predicted molar refractivity (Wildman–Crippen MR) is 58.5 cm³/mol. The Labute approximate surface area is 97.8 Å². The van der Waals surface area contributed by atoms with Crippen LogP contribution in [-0.4, -0.2) is 19.1 Å². The third-order valence-corrected chi connectivity index (χ3v) is 2.81. The fourth-order valence-electron chi connectivity index (χ4n) is 1.71. The number of ether oxygens (including phenoxy) is 1. The molecule has 0 heterocycles. The van der Waals surface area contributed by atoms with Crippen molar-refractivity contribution in [1.29, 1.82) is 0 Å². The molecule has 1 aromatic rings. The highest BCUT2D eigenvalue weighted by molar-refractivity contribution is 5.80. The van der Waals surface area contributed by atoms with Gasteiger partial charge in [-0.3, -0.25) is 0 Å². The Balaban J connectivity index is 2.17. The summed E-state index contributed by atoms with van der Waals surface area (Å²) in [6.07, 6.45) is 1.79.